The van der Waals surface area contributed by atoms with Crippen molar-refractivity contribution in [2.75, 3.05) is 5.75 Å². The Hall–Kier alpha value is -0.390. The molecular weight excluding hydrogens is 312 g/mol. The molecule has 2 N–H and O–H groups in total. The molecule has 1 atom stereocenters. The average Bonchev–Trinajstić information content (AvgIpc) is 2.48. The molecule has 0 amide bonds. The summed E-state index contributed by atoms with van der Waals surface area (Å²) in [5, 5.41) is 9.65. The van der Waals surface area contributed by atoms with E-state index in [2.05, 4.69) is 13.0 Å². The van der Waals surface area contributed by atoms with Gasteiger partial charge < -0.3 is 5.11 Å². The molecule has 0 aromatic heterocycles. The van der Waals surface area contributed by atoms with Crippen LogP contribution in [0.1, 0.15) is 90.4 Å². The Morgan fingerprint density at radius 1 is 0.870 bits per heavy atom. The molecule has 4 nitrogen and oxygen atoms in total. The zero-order chi connectivity index (χ0) is 17.4. The topological polar surface area (TPSA) is 74.6 Å². The number of aliphatic hydroxyl groups is 1. The van der Waals surface area contributed by atoms with Crippen LogP contribution in [-0.2, 0) is 10.1 Å². The minimum Gasteiger partial charge on any atom is -0.389 e. The molecule has 0 aliphatic rings. The zero-order valence-corrected chi connectivity index (χ0v) is 15.6. The van der Waals surface area contributed by atoms with Crippen LogP contribution in [0, 0.1) is 0 Å². The lowest BCUT2D eigenvalue weighted by Crippen LogP contribution is -2.03. The lowest BCUT2D eigenvalue weighted by atomic mass is 10.1. The molecule has 0 bridgehead atoms. The molecule has 0 spiro atoms. The highest BCUT2D eigenvalue weighted by Gasteiger charge is 2.02. The fourth-order valence-electron chi connectivity index (χ4n) is 2.55. The standard InChI is InChI=1S/C18H36O4S/c1-2-3-15-18(19)16-13-11-9-7-5-4-6-8-10-12-14-17-23(20,21)22/h13,16,18-19H,2-12,14-15,17H2,1H3,(H,20,21,22)/b16-13-/t18-/m1/s1. The monoisotopic (exact) mass is 348 g/mol. The van der Waals surface area contributed by atoms with Crippen LogP contribution < -0.4 is 0 Å². The third-order valence-corrected chi connectivity index (χ3v) is 4.79. The number of rotatable bonds is 16. The van der Waals surface area contributed by atoms with Crippen molar-refractivity contribution >= 4 is 10.1 Å². The number of aliphatic hydroxyl groups excluding tert-OH is 1. The lowest BCUT2D eigenvalue weighted by Gasteiger charge is -2.03. The maximum atomic E-state index is 10.5. The first-order valence-corrected chi connectivity index (χ1v) is 10.9. The van der Waals surface area contributed by atoms with Crippen LogP contribution in [0.15, 0.2) is 12.2 Å². The summed E-state index contributed by atoms with van der Waals surface area (Å²) in [5.41, 5.74) is 0. The van der Waals surface area contributed by atoms with Gasteiger partial charge in [0.25, 0.3) is 10.1 Å². The van der Waals surface area contributed by atoms with Gasteiger partial charge in [0.15, 0.2) is 0 Å². The van der Waals surface area contributed by atoms with Crippen molar-refractivity contribution in [3.05, 3.63) is 12.2 Å². The number of unbranched alkanes of at least 4 members (excludes halogenated alkanes) is 10. The normalized spacial score (nSPS) is 13.7. The fraction of sp³-hybridized carbons (Fsp3) is 0.889. The van der Waals surface area contributed by atoms with Crippen molar-refractivity contribution in [2.45, 2.75) is 96.5 Å². The summed E-state index contributed by atoms with van der Waals surface area (Å²) in [7, 11) is -3.77. The zero-order valence-electron chi connectivity index (χ0n) is 14.8. The number of hydrogen-bond donors (Lipinski definition) is 2. The molecule has 5 heteroatoms. The van der Waals surface area contributed by atoms with Gasteiger partial charge in [-0.15, -0.1) is 0 Å². The predicted molar refractivity (Wildman–Crippen MR) is 97.3 cm³/mol. The van der Waals surface area contributed by atoms with E-state index in [4.69, 9.17) is 4.55 Å². The van der Waals surface area contributed by atoms with Gasteiger partial charge in [0, 0.05) is 0 Å². The third kappa shape index (κ3) is 19.6. The molecule has 0 aromatic rings. The van der Waals surface area contributed by atoms with Gasteiger partial charge in [-0.05, 0) is 25.7 Å². The molecule has 0 heterocycles. The Morgan fingerprint density at radius 2 is 1.39 bits per heavy atom. The molecule has 0 rings (SSSR count). The maximum Gasteiger partial charge on any atom is 0.264 e. The maximum absolute atomic E-state index is 10.5. The highest BCUT2D eigenvalue weighted by Crippen LogP contribution is 2.11. The van der Waals surface area contributed by atoms with E-state index in [9.17, 15) is 13.5 Å². The summed E-state index contributed by atoms with van der Waals surface area (Å²) in [6.45, 7) is 2.13. The largest absolute Gasteiger partial charge is 0.389 e. The van der Waals surface area contributed by atoms with Crippen LogP contribution in [0.25, 0.3) is 0 Å². The molecular formula is C18H36O4S. The molecule has 0 aliphatic heterocycles. The van der Waals surface area contributed by atoms with Gasteiger partial charge in [-0.3, -0.25) is 4.55 Å². The summed E-state index contributed by atoms with van der Waals surface area (Å²) in [6, 6.07) is 0. The first kappa shape index (κ1) is 22.6. The first-order chi connectivity index (χ1) is 11.0. The van der Waals surface area contributed by atoms with E-state index >= 15 is 0 Å². The lowest BCUT2D eigenvalue weighted by molar-refractivity contribution is 0.209. The Bertz CT molecular complexity index is 376. The second kappa shape index (κ2) is 15.2. The summed E-state index contributed by atoms with van der Waals surface area (Å²) in [4.78, 5) is 0. The van der Waals surface area contributed by atoms with E-state index in [0.29, 0.717) is 6.42 Å². The Morgan fingerprint density at radius 3 is 1.91 bits per heavy atom. The summed E-state index contributed by atoms with van der Waals surface area (Å²) < 4.78 is 29.7. The van der Waals surface area contributed by atoms with Crippen molar-refractivity contribution in [3.8, 4) is 0 Å². The van der Waals surface area contributed by atoms with Crippen molar-refractivity contribution in [3.63, 3.8) is 0 Å². The Balaban J connectivity index is 3.23. The van der Waals surface area contributed by atoms with E-state index in [1.165, 1.54) is 32.1 Å². The van der Waals surface area contributed by atoms with Gasteiger partial charge in [-0.1, -0.05) is 76.9 Å². The van der Waals surface area contributed by atoms with Gasteiger partial charge in [-0.2, -0.15) is 8.42 Å². The minimum atomic E-state index is -3.77. The van der Waals surface area contributed by atoms with E-state index < -0.39 is 10.1 Å². The summed E-state index contributed by atoms with van der Waals surface area (Å²) in [6.07, 6.45) is 17.7. The minimum absolute atomic E-state index is 0.104. The first-order valence-electron chi connectivity index (χ1n) is 9.25. The van der Waals surface area contributed by atoms with Crippen LogP contribution in [0.5, 0.6) is 0 Å². The second-order valence-corrected chi connectivity index (χ2v) is 7.97. The Labute approximate surface area is 143 Å². The van der Waals surface area contributed by atoms with Crippen molar-refractivity contribution < 1.29 is 18.1 Å². The highest BCUT2D eigenvalue weighted by molar-refractivity contribution is 7.85. The van der Waals surface area contributed by atoms with Gasteiger partial charge in [-0.25, -0.2) is 0 Å². The van der Waals surface area contributed by atoms with Crippen LogP contribution in [-0.4, -0.2) is 29.9 Å². The second-order valence-electron chi connectivity index (χ2n) is 6.39. The van der Waals surface area contributed by atoms with Crippen LogP contribution in [0.3, 0.4) is 0 Å². The van der Waals surface area contributed by atoms with Gasteiger partial charge in [0.2, 0.25) is 0 Å². The third-order valence-electron chi connectivity index (χ3n) is 3.98. The average molecular weight is 349 g/mol. The molecule has 138 valence electrons. The molecule has 0 aliphatic carbocycles. The van der Waals surface area contributed by atoms with Crippen LogP contribution >= 0.6 is 0 Å². The van der Waals surface area contributed by atoms with E-state index in [1.807, 2.05) is 6.08 Å². The van der Waals surface area contributed by atoms with E-state index in [0.717, 1.165) is 44.9 Å². The molecule has 0 unspecified atom stereocenters. The molecule has 23 heavy (non-hydrogen) atoms. The van der Waals surface area contributed by atoms with Gasteiger partial charge in [0.05, 0.1) is 11.9 Å². The van der Waals surface area contributed by atoms with E-state index in [-0.39, 0.29) is 11.9 Å². The summed E-state index contributed by atoms with van der Waals surface area (Å²) >= 11 is 0. The Kier molecular flexibility index (Phi) is 14.9. The predicted octanol–water partition coefficient (Wildman–Crippen LogP) is 4.88. The quantitative estimate of drug-likeness (QED) is 0.237. The molecule has 0 saturated carbocycles. The highest BCUT2D eigenvalue weighted by atomic mass is 32.2. The number of hydrogen-bond acceptors (Lipinski definition) is 3. The van der Waals surface area contributed by atoms with Crippen LogP contribution in [0.2, 0.25) is 0 Å². The van der Waals surface area contributed by atoms with Gasteiger partial charge in [0.1, 0.15) is 0 Å². The van der Waals surface area contributed by atoms with Crippen molar-refractivity contribution in [1.82, 2.24) is 0 Å². The summed E-state index contributed by atoms with van der Waals surface area (Å²) in [5.74, 6) is -0.104. The molecule has 0 fully saturated rings. The van der Waals surface area contributed by atoms with E-state index in [1.54, 1.807) is 0 Å². The smallest absolute Gasteiger partial charge is 0.264 e. The molecule has 0 aromatic carbocycles. The SMILES string of the molecule is CCCC[C@@H](O)/C=C\CCCCCCCCCCCS(=O)(=O)O. The fourth-order valence-corrected chi connectivity index (χ4v) is 3.12. The van der Waals surface area contributed by atoms with Crippen LogP contribution in [0.4, 0.5) is 0 Å². The van der Waals surface area contributed by atoms with Crippen molar-refractivity contribution in [2.24, 2.45) is 0 Å². The van der Waals surface area contributed by atoms with Crippen molar-refractivity contribution in [1.29, 1.82) is 0 Å². The molecule has 0 saturated heterocycles. The number of allylic oxidation sites excluding steroid dienone is 1. The van der Waals surface area contributed by atoms with Gasteiger partial charge >= 0.3 is 0 Å². The molecule has 0 radical (unpaired) electrons.